The molecule has 0 aromatic carbocycles. The van der Waals surface area contributed by atoms with Crippen LogP contribution in [0.2, 0.25) is 0 Å². The summed E-state index contributed by atoms with van der Waals surface area (Å²) >= 11 is 3.06. The molecule has 0 aliphatic carbocycles. The molecule has 2 saturated heterocycles. The van der Waals surface area contributed by atoms with E-state index in [0.717, 1.165) is 19.3 Å². The molecule has 5 aliphatic rings. The summed E-state index contributed by atoms with van der Waals surface area (Å²) in [5.74, 6) is -1.57. The van der Waals surface area contributed by atoms with Crippen molar-refractivity contribution in [1.82, 2.24) is 36.4 Å². The minimum Gasteiger partial charge on any atom is -1.00 e. The van der Waals surface area contributed by atoms with Crippen LogP contribution in [0.25, 0.3) is 0 Å². The van der Waals surface area contributed by atoms with Crippen LogP contribution in [0.4, 0.5) is 28.8 Å². The lowest BCUT2D eigenvalue weighted by Crippen LogP contribution is -3.00. The van der Waals surface area contributed by atoms with Crippen molar-refractivity contribution in [1.29, 1.82) is 0 Å². The molecule has 0 bridgehead atoms. The van der Waals surface area contributed by atoms with Gasteiger partial charge in [0.15, 0.2) is 23.4 Å². The lowest BCUT2D eigenvalue weighted by molar-refractivity contribution is -0.406. The second-order valence-corrected chi connectivity index (χ2v) is 39.7. The van der Waals surface area contributed by atoms with E-state index in [9.17, 15) is 63.0 Å². The van der Waals surface area contributed by atoms with Gasteiger partial charge in [0.25, 0.3) is 5.91 Å². The number of alkyl halides is 1. The molecular formula is C98H169BrClN9O28. The number of halogens is 2. The second-order valence-electron chi connectivity index (χ2n) is 39.1. The van der Waals surface area contributed by atoms with Crippen molar-refractivity contribution in [2.24, 2.45) is 11.7 Å². The highest BCUT2D eigenvalue weighted by Gasteiger charge is 2.52. The van der Waals surface area contributed by atoms with Gasteiger partial charge in [-0.2, -0.15) is 0 Å². The first-order chi connectivity index (χ1) is 62.8. The zero-order chi connectivity index (χ0) is 105. The quantitative estimate of drug-likeness (QED) is 0.0129. The van der Waals surface area contributed by atoms with Gasteiger partial charge in [0.2, 0.25) is 0 Å². The van der Waals surface area contributed by atoms with E-state index in [0.29, 0.717) is 84.5 Å². The summed E-state index contributed by atoms with van der Waals surface area (Å²) < 4.78 is 69.5. The van der Waals surface area contributed by atoms with Crippen LogP contribution in [0.15, 0.2) is 125 Å². The topological polar surface area (TPSA) is 509 Å². The van der Waals surface area contributed by atoms with E-state index in [1.807, 2.05) is 106 Å². The van der Waals surface area contributed by atoms with Crippen LogP contribution in [-0.2, 0) is 85.6 Å². The Morgan fingerprint density at radius 2 is 0.876 bits per heavy atom. The molecule has 0 saturated carbocycles. The van der Waals surface area contributed by atoms with Gasteiger partial charge in [-0.25, -0.2) is 33.6 Å². The van der Waals surface area contributed by atoms with Crippen LogP contribution in [0.5, 0.6) is 0 Å². The molecule has 0 spiro atoms. The Balaban J connectivity index is -0.000000742. The van der Waals surface area contributed by atoms with Crippen LogP contribution in [0, 0.1) is 5.92 Å². The van der Waals surface area contributed by atoms with E-state index in [-0.39, 0.29) is 116 Å². The number of carbonyl (C=O) groups excluding carboxylic acids is 10. The molecule has 788 valence electrons. The van der Waals surface area contributed by atoms with Crippen molar-refractivity contribution in [2.75, 3.05) is 78.0 Å². The summed E-state index contributed by atoms with van der Waals surface area (Å²) in [4.78, 5) is 131. The zero-order valence-corrected chi connectivity index (χ0v) is 88.3. The molecule has 13 atom stereocenters. The van der Waals surface area contributed by atoms with Gasteiger partial charge < -0.3 is 132 Å². The van der Waals surface area contributed by atoms with E-state index in [4.69, 9.17) is 77.5 Å². The molecule has 0 radical (unpaired) electrons. The van der Waals surface area contributed by atoms with Gasteiger partial charge in [-0.3, -0.25) is 29.0 Å². The van der Waals surface area contributed by atoms with Crippen LogP contribution < -0.4 is 50.5 Å². The Labute approximate surface area is 829 Å². The van der Waals surface area contributed by atoms with Crippen molar-refractivity contribution in [3.05, 3.63) is 125 Å². The van der Waals surface area contributed by atoms with Crippen molar-refractivity contribution in [3.63, 3.8) is 0 Å². The predicted octanol–water partition coefficient (Wildman–Crippen LogP) is 9.53. The Kier molecular flexibility index (Phi) is 67.1. The lowest BCUT2D eigenvalue weighted by Gasteiger charge is -2.35. The summed E-state index contributed by atoms with van der Waals surface area (Å²) in [6.07, 6.45) is 22.6. The summed E-state index contributed by atoms with van der Waals surface area (Å²) in [6, 6.07) is -3.96. The number of aliphatic carboxylic acids is 1. The Hall–Kier alpha value is -8.74. The van der Waals surface area contributed by atoms with Crippen LogP contribution in [0.1, 0.15) is 224 Å². The number of nitrogens with two attached hydrogens (primary N) is 1. The normalized spacial score (nSPS) is 21.0. The number of aliphatic hydroxyl groups excluding tert-OH is 3. The van der Waals surface area contributed by atoms with Gasteiger partial charge in [-0.05, 0) is 210 Å². The van der Waals surface area contributed by atoms with E-state index in [1.165, 1.54) is 12.2 Å². The molecule has 39 heteroatoms. The number of hydrogen-bond donors (Lipinski definition) is 11. The SMILES string of the molecule is C=CCC(NC(=O)OC(C)(C)C)C(=O)CBr.C=CCC(NC(=O)OC(C)(C)C)C(=O)CO.C=CCC(NC(=O)OC(C)(C)C)C(=O)O.C=CCOCC(=O)C(CC=C)NC(=O)OC(C)(C)C.C=CCOCC1OC(C)(C)N(C(=O)OC(C)(C)C)C1CC=C.CC(C)(C)OC(=O)N1C2C/C=C\COCC2OC1(C)C.CC(C)CC([NH3+])C(=O)NC1C/C=C\COCC1O.NC1C/C=C\COCC1O.[Cl-]. The maximum atomic E-state index is 12.6. The van der Waals surface area contributed by atoms with Gasteiger partial charge in [-0.15, -0.1) is 46.1 Å². The summed E-state index contributed by atoms with van der Waals surface area (Å²) in [5.41, 5.74) is 4.50. The highest BCUT2D eigenvalue weighted by Crippen LogP contribution is 2.38. The third-order valence-corrected chi connectivity index (χ3v) is 18.4. The molecule has 5 aliphatic heterocycles. The predicted molar refractivity (Wildman–Crippen MR) is 526 cm³/mol. The van der Waals surface area contributed by atoms with Crippen molar-refractivity contribution in [3.8, 4) is 0 Å². The average Bonchev–Trinajstić information content (AvgIpc) is 1.63. The number of aliphatic hydroxyl groups is 3. The largest absolute Gasteiger partial charge is 1.00 e. The van der Waals surface area contributed by atoms with Crippen LogP contribution in [0.3, 0.4) is 0 Å². The van der Waals surface area contributed by atoms with Gasteiger partial charge >= 0.3 is 42.5 Å². The Bertz CT molecular complexity index is 3710. The first kappa shape index (κ1) is 135. The molecule has 7 amide bonds. The fourth-order valence-corrected chi connectivity index (χ4v) is 12.5. The molecule has 137 heavy (non-hydrogen) atoms. The number of ether oxygens (including phenoxy) is 13. The average molecular weight is 2040 g/mol. The number of fused-ring (bicyclic) bond motifs is 1. The third kappa shape index (κ3) is 65.0. The van der Waals surface area contributed by atoms with Crippen molar-refractivity contribution >= 4 is 81.7 Å². The number of nitrogens with one attached hydrogen (secondary N) is 5. The van der Waals surface area contributed by atoms with Gasteiger partial charge in [0.1, 0.15) is 76.5 Å². The Morgan fingerprint density at radius 3 is 1.27 bits per heavy atom. The van der Waals surface area contributed by atoms with Crippen LogP contribution in [-0.4, -0.2) is 298 Å². The zero-order valence-electron chi connectivity index (χ0n) is 85.9. The van der Waals surface area contributed by atoms with E-state index in [1.54, 1.807) is 123 Å². The maximum Gasteiger partial charge on any atom is 0.412 e. The number of nitrogens with zero attached hydrogens (tertiary/aromatic N) is 2. The minimum atomic E-state index is -1.11. The summed E-state index contributed by atoms with van der Waals surface area (Å²) in [6.45, 7) is 71.7. The molecular weight excluding hydrogens is 1870 g/mol. The fraction of sp³-hybridized carbons (Fsp3) is 0.684. The maximum absolute atomic E-state index is 12.6. The number of carboxylic acids is 1. The number of hydrogen-bond acceptors (Lipinski definition) is 28. The summed E-state index contributed by atoms with van der Waals surface area (Å²) in [7, 11) is 0. The summed E-state index contributed by atoms with van der Waals surface area (Å²) in [5, 5.41) is 49.2. The molecule has 2 fully saturated rings. The molecule has 37 nitrogen and oxygen atoms in total. The first-order valence-corrected chi connectivity index (χ1v) is 46.6. The van der Waals surface area contributed by atoms with Gasteiger partial charge in [0.05, 0.1) is 113 Å². The number of ketones is 3. The number of alkyl carbamates (subject to hydrolysis) is 4. The van der Waals surface area contributed by atoms with E-state index < -0.39 is 124 Å². The molecule has 5 heterocycles. The Morgan fingerprint density at radius 1 is 0.504 bits per heavy atom. The number of quaternary nitrogens is 1. The van der Waals surface area contributed by atoms with E-state index >= 15 is 0 Å². The highest BCUT2D eigenvalue weighted by molar-refractivity contribution is 9.09. The monoisotopic (exact) mass is 2030 g/mol. The number of carboxylic acid groups (broad SMARTS) is 1. The van der Waals surface area contributed by atoms with Crippen LogP contribution >= 0.6 is 15.9 Å². The lowest BCUT2D eigenvalue weighted by atomic mass is 10.0. The standard InChI is InChI=1S/C17H29NO4.C15H25NO4.C14H23NO4.C13H24N2O3.C11H18BrNO3.C11H19NO4.C10H17NO4.C7H13NO2.ClH/c1-8-10-13-14(12-20-11-9-2)21-17(6,7)18(13)15(19)22-16(3,4)5;1-14(2,3)20-13(17)16-11-8-6-7-9-18-10-12(11)19-15(16,4)5;1-6-8-11(12(16)10-18-9-7-2)15-13(17)19-14(3,4)5;1-9(2)7-10(14)13(17)15-11-5-3-4-6-18-8-12(11)16;1-5-6-8(9(14)7-12)13-10(15)16-11(2,3)4;1-5-6-8(9(14)7-13)12-10(15)16-11(2,3)4;1-5-6-7(8(12)13)11-9(14)15-10(2,3)4;8-6-3-1-2-4-10-5-7(6)9;/h8-9,13-14H,1-2,10-12H2,3-7H3;6-7,11-12H,8-10H2,1-5H3;6-7,11H,1-2,8-10H2,3-5H3,(H,15,17);3-4,9-12,16H,5-8,14H2,1-2H3,(H,15,17);5,8H,1,6-7H2,2-4H3,(H,13,15);5,8,13H,1,6-7H2,2-4H3,(H,12,15);5,7H,1,6H2,2-4H3,(H,11,14)(H,12,13);1-2,6-7,9H,3-5,8H2;1H/b;7-6-;;4-3-;;;;2-1-;. The second kappa shape index (κ2) is 68.4. The number of carbonyl (C=O) groups is 11. The first-order valence-electron chi connectivity index (χ1n) is 45.5. The third-order valence-electron chi connectivity index (χ3n) is 17.9. The molecule has 0 aromatic rings. The number of rotatable bonds is 32. The molecule has 13 unspecified atom stereocenters. The minimum absolute atomic E-state index is 0. The van der Waals surface area contributed by atoms with E-state index in [2.05, 4.69) is 108 Å². The smallest absolute Gasteiger partial charge is 0.412 e. The van der Waals surface area contributed by atoms with Gasteiger partial charge in [0, 0.05) is 12.5 Å². The highest BCUT2D eigenvalue weighted by atomic mass is 79.9. The van der Waals surface area contributed by atoms with Crippen molar-refractivity contribution < 1.29 is 153 Å². The molecule has 5 rings (SSSR count). The van der Waals surface area contributed by atoms with Crippen molar-refractivity contribution in [2.45, 2.75) is 348 Å². The number of amides is 7. The van der Waals surface area contributed by atoms with Gasteiger partial charge in [-0.1, -0.05) is 109 Å². The molecule has 14 N–H and O–H groups in total. The fourth-order valence-electron chi connectivity index (χ4n) is 12.2. The number of Topliss-reactive ketones (excluding diaryl/α,β-unsaturated/α-hetero) is 3. The molecule has 0 aromatic heterocycles.